The third-order valence-corrected chi connectivity index (χ3v) is 4.51. The number of pyridine rings is 1. The summed E-state index contributed by atoms with van der Waals surface area (Å²) in [5.41, 5.74) is 1.89. The number of rotatable bonds is 6. The van der Waals surface area contributed by atoms with E-state index in [1.165, 1.54) is 11.3 Å². The summed E-state index contributed by atoms with van der Waals surface area (Å²) in [6.07, 6.45) is 2.61. The van der Waals surface area contributed by atoms with Crippen molar-refractivity contribution < 1.29 is 4.79 Å². The molecular formula is C17H16ClN3OS. The highest BCUT2D eigenvalue weighted by molar-refractivity contribution is 7.12. The predicted molar refractivity (Wildman–Crippen MR) is 96.5 cm³/mol. The van der Waals surface area contributed by atoms with Gasteiger partial charge < -0.3 is 10.6 Å². The first-order valence-corrected chi connectivity index (χ1v) is 8.59. The summed E-state index contributed by atoms with van der Waals surface area (Å²) < 4.78 is 0. The lowest BCUT2D eigenvalue weighted by Gasteiger charge is -2.10. The van der Waals surface area contributed by atoms with E-state index in [0.29, 0.717) is 11.6 Å². The molecule has 3 rings (SSSR count). The average Bonchev–Trinajstić information content (AvgIpc) is 3.08. The number of hydrogen-bond donors (Lipinski definition) is 2. The van der Waals surface area contributed by atoms with Crippen molar-refractivity contribution in [3.63, 3.8) is 0 Å². The van der Waals surface area contributed by atoms with Crippen LogP contribution in [0.3, 0.4) is 0 Å². The molecule has 23 heavy (non-hydrogen) atoms. The lowest BCUT2D eigenvalue weighted by molar-refractivity contribution is 0.0957. The van der Waals surface area contributed by atoms with Crippen LogP contribution in [-0.2, 0) is 0 Å². The molecule has 6 heteroatoms. The fourth-order valence-corrected chi connectivity index (χ4v) is 3.09. The maximum absolute atomic E-state index is 11.8. The first-order valence-electron chi connectivity index (χ1n) is 7.34. The van der Waals surface area contributed by atoms with Gasteiger partial charge in [0.15, 0.2) is 0 Å². The topological polar surface area (TPSA) is 54.0 Å². The molecule has 0 atom stereocenters. The van der Waals surface area contributed by atoms with E-state index in [9.17, 15) is 4.79 Å². The Hall–Kier alpha value is -2.11. The van der Waals surface area contributed by atoms with Gasteiger partial charge in [-0.3, -0.25) is 9.78 Å². The number of thiophene rings is 1. The number of carbonyl (C=O) groups excluding carboxylic acids is 1. The Morgan fingerprint density at radius 1 is 1.22 bits per heavy atom. The minimum Gasteiger partial charge on any atom is -0.384 e. The van der Waals surface area contributed by atoms with Crippen LogP contribution in [-0.4, -0.2) is 24.0 Å². The average molecular weight is 346 g/mol. The number of benzene rings is 1. The zero-order valence-electron chi connectivity index (χ0n) is 12.4. The van der Waals surface area contributed by atoms with Gasteiger partial charge in [0.05, 0.1) is 10.4 Å². The van der Waals surface area contributed by atoms with Crippen LogP contribution < -0.4 is 10.6 Å². The molecule has 0 unspecified atom stereocenters. The number of fused-ring (bicyclic) bond motifs is 1. The van der Waals surface area contributed by atoms with Gasteiger partial charge in [0.2, 0.25) is 0 Å². The quantitative estimate of drug-likeness (QED) is 0.659. The van der Waals surface area contributed by atoms with Crippen molar-refractivity contribution in [2.75, 3.05) is 18.4 Å². The molecule has 2 aromatic heterocycles. The highest BCUT2D eigenvalue weighted by atomic mass is 35.5. The smallest absolute Gasteiger partial charge is 0.261 e. The number of carbonyl (C=O) groups is 1. The SMILES string of the molecule is O=C(NCCCNc1ccnc2cc(Cl)ccc12)c1cccs1. The molecule has 0 saturated heterocycles. The molecule has 2 N–H and O–H groups in total. The Kier molecular flexibility index (Phi) is 5.10. The van der Waals surface area contributed by atoms with E-state index >= 15 is 0 Å². The number of aromatic nitrogens is 1. The van der Waals surface area contributed by atoms with Gasteiger partial charge >= 0.3 is 0 Å². The second-order valence-corrected chi connectivity index (χ2v) is 6.42. The second kappa shape index (κ2) is 7.44. The monoisotopic (exact) mass is 345 g/mol. The van der Waals surface area contributed by atoms with Gasteiger partial charge in [-0.15, -0.1) is 11.3 Å². The molecule has 0 radical (unpaired) electrons. The Morgan fingerprint density at radius 2 is 2.13 bits per heavy atom. The first kappa shape index (κ1) is 15.8. The number of nitrogens with zero attached hydrogens (tertiary/aromatic N) is 1. The molecule has 1 amide bonds. The van der Waals surface area contributed by atoms with Gasteiger partial charge in [-0.25, -0.2) is 0 Å². The molecule has 0 saturated carbocycles. The minimum atomic E-state index is -0.0102. The van der Waals surface area contributed by atoms with Crippen LogP contribution in [0.1, 0.15) is 16.1 Å². The molecule has 0 aliphatic carbocycles. The van der Waals surface area contributed by atoms with Crippen molar-refractivity contribution in [1.29, 1.82) is 0 Å². The summed E-state index contributed by atoms with van der Waals surface area (Å²) in [4.78, 5) is 16.9. The van der Waals surface area contributed by atoms with Gasteiger partial charge in [-0.05, 0) is 42.1 Å². The maximum atomic E-state index is 11.8. The van der Waals surface area contributed by atoms with E-state index in [-0.39, 0.29) is 5.91 Å². The number of halogens is 1. The summed E-state index contributed by atoms with van der Waals surface area (Å²) in [5, 5.41) is 9.92. The number of amides is 1. The van der Waals surface area contributed by atoms with Gasteiger partial charge in [0.25, 0.3) is 5.91 Å². The Balaban J connectivity index is 1.50. The minimum absolute atomic E-state index is 0.0102. The van der Waals surface area contributed by atoms with Crippen molar-refractivity contribution in [2.45, 2.75) is 6.42 Å². The molecule has 0 aliphatic rings. The van der Waals surface area contributed by atoms with Gasteiger partial charge in [0, 0.05) is 35.4 Å². The van der Waals surface area contributed by atoms with Crippen molar-refractivity contribution in [1.82, 2.24) is 10.3 Å². The van der Waals surface area contributed by atoms with Crippen LogP contribution in [0.2, 0.25) is 5.02 Å². The summed E-state index contributed by atoms with van der Waals surface area (Å²) in [6, 6.07) is 11.3. The molecule has 3 aromatic rings. The van der Waals surface area contributed by atoms with E-state index < -0.39 is 0 Å². The zero-order valence-corrected chi connectivity index (χ0v) is 14.0. The third-order valence-electron chi connectivity index (χ3n) is 3.40. The normalized spacial score (nSPS) is 10.7. The molecule has 2 heterocycles. The zero-order chi connectivity index (χ0) is 16.1. The lowest BCUT2D eigenvalue weighted by atomic mass is 10.2. The largest absolute Gasteiger partial charge is 0.384 e. The second-order valence-electron chi connectivity index (χ2n) is 5.03. The van der Waals surface area contributed by atoms with Crippen molar-refractivity contribution in [3.8, 4) is 0 Å². The maximum Gasteiger partial charge on any atom is 0.261 e. The lowest BCUT2D eigenvalue weighted by Crippen LogP contribution is -2.25. The van der Waals surface area contributed by atoms with Gasteiger partial charge in [-0.2, -0.15) is 0 Å². The number of hydrogen-bond acceptors (Lipinski definition) is 4. The molecule has 0 aliphatic heterocycles. The number of nitrogens with one attached hydrogen (secondary N) is 2. The highest BCUT2D eigenvalue weighted by Gasteiger charge is 2.05. The van der Waals surface area contributed by atoms with E-state index in [4.69, 9.17) is 11.6 Å². The van der Waals surface area contributed by atoms with E-state index in [1.54, 1.807) is 6.20 Å². The molecule has 0 spiro atoms. The molecular weight excluding hydrogens is 330 g/mol. The van der Waals surface area contributed by atoms with Crippen LogP contribution >= 0.6 is 22.9 Å². The van der Waals surface area contributed by atoms with E-state index in [1.807, 2.05) is 41.8 Å². The standard InChI is InChI=1S/C17H16ClN3OS/c18-12-4-5-13-14(6-9-20-15(13)11-12)19-7-2-8-21-17(22)16-3-1-10-23-16/h1,3-6,9-11H,2,7-8H2,(H,19,20)(H,21,22). The molecule has 1 aromatic carbocycles. The summed E-state index contributed by atoms with van der Waals surface area (Å²) >= 11 is 7.44. The van der Waals surface area contributed by atoms with Gasteiger partial charge in [-0.1, -0.05) is 17.7 Å². The molecule has 118 valence electrons. The Morgan fingerprint density at radius 3 is 2.96 bits per heavy atom. The summed E-state index contributed by atoms with van der Waals surface area (Å²) in [5.74, 6) is -0.0102. The van der Waals surface area contributed by atoms with Crippen LogP contribution in [0.4, 0.5) is 5.69 Å². The van der Waals surface area contributed by atoms with Gasteiger partial charge in [0.1, 0.15) is 0 Å². The van der Waals surface area contributed by atoms with Crippen molar-refractivity contribution >= 4 is 45.4 Å². The Labute approximate surface area is 143 Å². The fraction of sp³-hybridized carbons (Fsp3) is 0.176. The fourth-order valence-electron chi connectivity index (χ4n) is 2.28. The van der Waals surface area contributed by atoms with Crippen LogP contribution in [0.5, 0.6) is 0 Å². The first-order chi connectivity index (χ1) is 11.2. The van der Waals surface area contributed by atoms with Crippen LogP contribution in [0, 0.1) is 0 Å². The van der Waals surface area contributed by atoms with Crippen LogP contribution in [0.15, 0.2) is 48.0 Å². The van der Waals surface area contributed by atoms with E-state index in [2.05, 4.69) is 15.6 Å². The predicted octanol–water partition coefficient (Wildman–Crippen LogP) is 4.18. The molecule has 0 fully saturated rings. The molecule has 0 bridgehead atoms. The van der Waals surface area contributed by atoms with E-state index in [0.717, 1.165) is 34.4 Å². The highest BCUT2D eigenvalue weighted by Crippen LogP contribution is 2.24. The van der Waals surface area contributed by atoms with Crippen molar-refractivity contribution in [3.05, 3.63) is 57.9 Å². The molecule has 4 nitrogen and oxygen atoms in total. The number of anilines is 1. The third kappa shape index (κ3) is 4.00. The van der Waals surface area contributed by atoms with Crippen molar-refractivity contribution in [2.24, 2.45) is 0 Å². The van der Waals surface area contributed by atoms with Crippen LogP contribution in [0.25, 0.3) is 10.9 Å². The summed E-state index contributed by atoms with van der Waals surface area (Å²) in [7, 11) is 0. The Bertz CT molecular complexity index is 805. The summed E-state index contributed by atoms with van der Waals surface area (Å²) in [6.45, 7) is 1.41.